The largest absolute Gasteiger partial charge is 0.497 e. The van der Waals surface area contributed by atoms with Gasteiger partial charge in [0, 0.05) is 54.9 Å². The predicted molar refractivity (Wildman–Crippen MR) is 139 cm³/mol. The van der Waals surface area contributed by atoms with Gasteiger partial charge in [-0.2, -0.15) is 4.31 Å². The molecular formula is C26H31FN4O5S. The van der Waals surface area contributed by atoms with E-state index in [-0.39, 0.29) is 19.2 Å². The molecule has 1 aromatic heterocycles. The Balaban J connectivity index is 1.54. The summed E-state index contributed by atoms with van der Waals surface area (Å²) in [6.45, 7) is 0.664. The van der Waals surface area contributed by atoms with E-state index >= 15 is 0 Å². The van der Waals surface area contributed by atoms with Gasteiger partial charge in [0.15, 0.2) is 0 Å². The third-order valence-electron chi connectivity index (χ3n) is 7.79. The van der Waals surface area contributed by atoms with E-state index in [0.29, 0.717) is 37.4 Å². The number of anilines is 1. The fraction of sp³-hybridized carbons (Fsp3) is 0.423. The minimum absolute atomic E-state index is 0.217. The van der Waals surface area contributed by atoms with E-state index in [1.807, 2.05) is 29.8 Å². The van der Waals surface area contributed by atoms with Crippen LogP contribution in [0.2, 0.25) is 0 Å². The molecule has 1 fully saturated rings. The van der Waals surface area contributed by atoms with Crippen LogP contribution in [0.25, 0.3) is 10.9 Å². The highest BCUT2D eigenvalue weighted by atomic mass is 32.2. The molecule has 5 rings (SSSR count). The van der Waals surface area contributed by atoms with Gasteiger partial charge in [0.05, 0.1) is 31.5 Å². The van der Waals surface area contributed by atoms with E-state index in [1.165, 1.54) is 28.8 Å². The Labute approximate surface area is 215 Å². The number of nitrogens with one attached hydrogen (secondary N) is 1. The van der Waals surface area contributed by atoms with Crippen molar-refractivity contribution in [2.24, 2.45) is 7.05 Å². The number of hydrogen-bond donors (Lipinski definition) is 2. The highest BCUT2D eigenvalue weighted by Gasteiger charge is 2.50. The molecular weight excluding hydrogens is 499 g/mol. The van der Waals surface area contributed by atoms with Crippen LogP contribution >= 0.6 is 0 Å². The predicted octanol–water partition coefficient (Wildman–Crippen LogP) is 3.20. The molecule has 0 saturated carbocycles. The smallest absolute Gasteiger partial charge is 0.321 e. The second kappa shape index (κ2) is 9.30. The van der Waals surface area contributed by atoms with Gasteiger partial charge in [0.25, 0.3) is 0 Å². The van der Waals surface area contributed by atoms with Gasteiger partial charge < -0.3 is 24.6 Å². The number of likely N-dealkylation sites (tertiary alicyclic amines) is 1. The maximum absolute atomic E-state index is 13.6. The summed E-state index contributed by atoms with van der Waals surface area (Å²) in [6.07, 6.45) is 2.24. The summed E-state index contributed by atoms with van der Waals surface area (Å²) in [6, 6.07) is 10.5. The molecule has 2 aromatic carbocycles. The number of fused-ring (bicyclic) bond motifs is 4. The molecule has 3 heterocycles. The molecule has 2 aliphatic rings. The van der Waals surface area contributed by atoms with Crippen molar-refractivity contribution in [3.63, 3.8) is 0 Å². The second-order valence-corrected chi connectivity index (χ2v) is 11.9. The van der Waals surface area contributed by atoms with Crippen LogP contribution in [0.5, 0.6) is 5.75 Å². The van der Waals surface area contributed by atoms with Gasteiger partial charge in [-0.15, -0.1) is 0 Å². The first-order valence-corrected chi connectivity index (χ1v) is 14.0. The van der Waals surface area contributed by atoms with Gasteiger partial charge in [-0.3, -0.25) is 0 Å². The molecule has 0 aliphatic carbocycles. The molecule has 2 N–H and O–H groups in total. The number of aryl methyl sites for hydroxylation is 1. The van der Waals surface area contributed by atoms with Crippen molar-refractivity contribution in [1.29, 1.82) is 0 Å². The van der Waals surface area contributed by atoms with Crippen LogP contribution in [-0.2, 0) is 22.5 Å². The van der Waals surface area contributed by atoms with Gasteiger partial charge in [0.1, 0.15) is 11.6 Å². The molecule has 1 atom stereocenters. The number of ether oxygens (including phenoxy) is 1. The first-order valence-electron chi connectivity index (χ1n) is 12.1. The summed E-state index contributed by atoms with van der Waals surface area (Å²) in [4.78, 5) is 14.6. The molecule has 1 saturated heterocycles. The molecule has 0 bridgehead atoms. The third-order valence-corrected chi connectivity index (χ3v) is 9.02. The zero-order chi connectivity index (χ0) is 26.5. The molecule has 0 radical (unpaired) electrons. The standard InChI is InChI=1S/C26H31FN4O5S/c1-29-21-14-19(36-2)7-8-20(21)23-24(29)22(15-32)31(37(3,34)35)16-26(23)9-11-30(12-10-26)25(33)28-18-6-4-5-17(27)13-18/h4-8,13-14,22,32H,9-12,15-16H2,1-3H3,(H,28,33)/t22-/m0/s1. The van der Waals surface area contributed by atoms with Crippen molar-refractivity contribution in [2.75, 3.05) is 44.9 Å². The quantitative estimate of drug-likeness (QED) is 0.539. The van der Waals surface area contributed by atoms with Crippen LogP contribution in [0.15, 0.2) is 42.5 Å². The Morgan fingerprint density at radius 1 is 1.22 bits per heavy atom. The van der Waals surface area contributed by atoms with Gasteiger partial charge >= 0.3 is 6.03 Å². The van der Waals surface area contributed by atoms with Crippen molar-refractivity contribution in [1.82, 2.24) is 13.8 Å². The molecule has 2 amide bonds. The molecule has 9 nitrogen and oxygen atoms in total. The number of piperidine rings is 1. The number of aliphatic hydroxyl groups is 1. The zero-order valence-corrected chi connectivity index (χ0v) is 21.9. The lowest BCUT2D eigenvalue weighted by atomic mass is 9.69. The Bertz CT molecular complexity index is 1460. The lowest BCUT2D eigenvalue weighted by molar-refractivity contribution is 0.105. The van der Waals surface area contributed by atoms with Crippen LogP contribution in [0.3, 0.4) is 0 Å². The number of halogens is 1. The summed E-state index contributed by atoms with van der Waals surface area (Å²) in [5, 5.41) is 14.1. The first kappa shape index (κ1) is 25.5. The number of hydrogen-bond acceptors (Lipinski definition) is 5. The summed E-state index contributed by atoms with van der Waals surface area (Å²) in [7, 11) is -0.165. The highest BCUT2D eigenvalue weighted by molar-refractivity contribution is 7.88. The number of carbonyl (C=O) groups is 1. The maximum Gasteiger partial charge on any atom is 0.321 e. The van der Waals surface area contributed by atoms with E-state index in [0.717, 1.165) is 22.2 Å². The Morgan fingerprint density at radius 2 is 1.95 bits per heavy atom. The monoisotopic (exact) mass is 530 g/mol. The molecule has 3 aromatic rings. The van der Waals surface area contributed by atoms with Crippen molar-refractivity contribution in [3.8, 4) is 5.75 Å². The van der Waals surface area contributed by atoms with Crippen molar-refractivity contribution >= 4 is 32.6 Å². The summed E-state index contributed by atoms with van der Waals surface area (Å²) in [5.41, 5.74) is 2.51. The van der Waals surface area contributed by atoms with Crippen molar-refractivity contribution < 1.29 is 27.4 Å². The summed E-state index contributed by atoms with van der Waals surface area (Å²) in [5.74, 6) is 0.251. The number of aromatic nitrogens is 1. The molecule has 0 unspecified atom stereocenters. The van der Waals surface area contributed by atoms with Gasteiger partial charge in [-0.05, 0) is 48.7 Å². The normalized spacial score (nSPS) is 19.7. The number of sulfonamides is 1. The number of rotatable bonds is 4. The number of urea groups is 1. The lowest BCUT2D eigenvalue weighted by Gasteiger charge is -2.49. The van der Waals surface area contributed by atoms with Crippen molar-refractivity contribution in [2.45, 2.75) is 24.3 Å². The van der Waals surface area contributed by atoms with Crippen LogP contribution in [0, 0.1) is 5.82 Å². The molecule has 11 heteroatoms. The van der Waals surface area contributed by atoms with E-state index in [1.54, 1.807) is 18.1 Å². The number of amides is 2. The van der Waals surface area contributed by atoms with Crippen LogP contribution < -0.4 is 10.1 Å². The molecule has 2 aliphatic heterocycles. The fourth-order valence-corrected chi connectivity index (χ4v) is 7.09. The Morgan fingerprint density at radius 3 is 2.57 bits per heavy atom. The molecule has 1 spiro atoms. The van der Waals surface area contributed by atoms with Gasteiger partial charge in [0.2, 0.25) is 10.0 Å². The fourth-order valence-electron chi connectivity index (χ4n) is 5.97. The minimum atomic E-state index is -3.64. The van der Waals surface area contributed by atoms with E-state index in [9.17, 15) is 22.7 Å². The molecule has 198 valence electrons. The summed E-state index contributed by atoms with van der Waals surface area (Å²) < 4.78 is 48.1. The summed E-state index contributed by atoms with van der Waals surface area (Å²) >= 11 is 0. The number of nitrogens with zero attached hydrogens (tertiary/aromatic N) is 3. The minimum Gasteiger partial charge on any atom is -0.497 e. The Kier molecular flexibility index (Phi) is 6.41. The lowest BCUT2D eigenvalue weighted by Crippen LogP contribution is -2.56. The third kappa shape index (κ3) is 4.34. The van der Waals surface area contributed by atoms with E-state index in [4.69, 9.17) is 4.74 Å². The van der Waals surface area contributed by atoms with E-state index in [2.05, 4.69) is 5.32 Å². The first-order chi connectivity index (χ1) is 17.6. The van der Waals surface area contributed by atoms with Crippen molar-refractivity contribution in [3.05, 3.63) is 59.5 Å². The highest BCUT2D eigenvalue weighted by Crippen LogP contribution is 2.50. The van der Waals surface area contributed by atoms with Crippen LogP contribution in [-0.4, -0.2) is 72.9 Å². The SMILES string of the molecule is COc1ccc2c3c(n(C)c2c1)[C@H](CO)N(S(C)(=O)=O)CC31CCN(C(=O)Nc2cccc(F)c2)CC1. The van der Waals surface area contributed by atoms with Crippen LogP contribution in [0.4, 0.5) is 14.9 Å². The topological polar surface area (TPSA) is 104 Å². The number of aliphatic hydroxyl groups excluding tert-OH is 1. The van der Waals surface area contributed by atoms with Gasteiger partial charge in [-0.25, -0.2) is 17.6 Å². The van der Waals surface area contributed by atoms with Crippen LogP contribution in [0.1, 0.15) is 30.1 Å². The van der Waals surface area contributed by atoms with E-state index < -0.39 is 27.3 Å². The average molecular weight is 531 g/mol. The number of benzene rings is 2. The average Bonchev–Trinajstić information content (AvgIpc) is 3.16. The number of methoxy groups -OCH3 is 1. The number of carbonyl (C=O) groups excluding carboxylic acids is 1. The Hall–Kier alpha value is -3.15. The zero-order valence-electron chi connectivity index (χ0n) is 21.1. The second-order valence-electron chi connectivity index (χ2n) is 9.92. The van der Waals surface area contributed by atoms with Gasteiger partial charge in [-0.1, -0.05) is 6.07 Å². The molecule has 37 heavy (non-hydrogen) atoms. The maximum atomic E-state index is 13.6.